The lowest BCUT2D eigenvalue weighted by Gasteiger charge is -2.21. The van der Waals surface area contributed by atoms with Crippen LogP contribution in [0.15, 0.2) is 54.9 Å². The number of pyridine rings is 1. The second-order valence-corrected chi connectivity index (χ2v) is 4.00. The molecule has 0 saturated carbocycles. The Balaban J connectivity index is 2.17. The van der Waals surface area contributed by atoms with Gasteiger partial charge in [0, 0.05) is 13.2 Å². The number of hydrogen-bond donors (Lipinski definition) is 1. The molecule has 4 heteroatoms. The molecule has 0 aliphatic heterocycles. The Bertz CT molecular complexity index is 466. The Labute approximate surface area is 106 Å². The number of hydrogen-bond acceptors (Lipinski definition) is 3. The number of carbonyl (C=O) groups excluding carboxylic acids is 1. The van der Waals surface area contributed by atoms with Gasteiger partial charge in [0.15, 0.2) is 0 Å². The van der Waals surface area contributed by atoms with Crippen LogP contribution in [-0.2, 0) is 4.79 Å². The summed E-state index contributed by atoms with van der Waals surface area (Å²) in [5.74, 6) is -0.158. The van der Waals surface area contributed by atoms with Crippen LogP contribution >= 0.6 is 0 Å². The number of likely N-dealkylation sites (N-methyl/N-ethyl adjacent to an activating group) is 1. The third kappa shape index (κ3) is 2.55. The van der Waals surface area contributed by atoms with Gasteiger partial charge >= 0.3 is 0 Å². The van der Waals surface area contributed by atoms with Gasteiger partial charge < -0.3 is 10.6 Å². The van der Waals surface area contributed by atoms with Crippen LogP contribution in [0.3, 0.4) is 0 Å². The van der Waals surface area contributed by atoms with E-state index in [0.717, 1.165) is 11.3 Å². The molecule has 4 nitrogen and oxygen atoms in total. The zero-order valence-electron chi connectivity index (χ0n) is 10.2. The Morgan fingerprint density at radius 3 is 2.56 bits per heavy atom. The van der Waals surface area contributed by atoms with Crippen LogP contribution in [0.1, 0.15) is 11.6 Å². The molecule has 0 unspecified atom stereocenters. The maximum Gasteiger partial charge on any atom is 0.248 e. The smallest absolute Gasteiger partial charge is 0.248 e. The Morgan fingerprint density at radius 1 is 1.22 bits per heavy atom. The van der Waals surface area contributed by atoms with Crippen molar-refractivity contribution in [3.8, 4) is 0 Å². The minimum Gasteiger partial charge on any atom is -0.316 e. The first-order valence-electron chi connectivity index (χ1n) is 5.68. The molecule has 1 heterocycles. The molecule has 0 bridgehead atoms. The minimum absolute atomic E-state index is 0.158. The molecule has 0 aliphatic carbocycles. The average molecular weight is 241 g/mol. The summed E-state index contributed by atoms with van der Waals surface area (Å²) in [5.41, 5.74) is 7.50. The van der Waals surface area contributed by atoms with E-state index in [9.17, 15) is 4.79 Å². The number of nitrogens with zero attached hydrogens (tertiary/aromatic N) is 2. The van der Waals surface area contributed by atoms with E-state index >= 15 is 0 Å². The molecule has 0 spiro atoms. The molecule has 1 atom stereocenters. The van der Waals surface area contributed by atoms with Crippen LogP contribution in [0.4, 0.5) is 5.69 Å². The molecule has 18 heavy (non-hydrogen) atoms. The minimum atomic E-state index is -0.656. The summed E-state index contributed by atoms with van der Waals surface area (Å²) < 4.78 is 0. The maximum atomic E-state index is 12.2. The van der Waals surface area contributed by atoms with E-state index in [0.29, 0.717) is 0 Å². The van der Waals surface area contributed by atoms with Gasteiger partial charge in [0.1, 0.15) is 6.04 Å². The summed E-state index contributed by atoms with van der Waals surface area (Å²) in [6, 6.07) is 12.3. The number of aromatic nitrogens is 1. The highest BCUT2D eigenvalue weighted by Crippen LogP contribution is 2.17. The first-order valence-corrected chi connectivity index (χ1v) is 5.68. The topological polar surface area (TPSA) is 59.2 Å². The Hall–Kier alpha value is -2.20. The van der Waals surface area contributed by atoms with Crippen LogP contribution < -0.4 is 10.6 Å². The predicted octanol–water partition coefficient (Wildman–Crippen LogP) is 1.74. The highest BCUT2D eigenvalue weighted by Gasteiger charge is 2.20. The van der Waals surface area contributed by atoms with Crippen molar-refractivity contribution in [1.82, 2.24) is 4.98 Å². The van der Waals surface area contributed by atoms with E-state index < -0.39 is 6.04 Å². The molecule has 1 amide bonds. The van der Waals surface area contributed by atoms with Crippen LogP contribution in [-0.4, -0.2) is 17.9 Å². The maximum absolute atomic E-state index is 12.2. The zero-order chi connectivity index (χ0) is 13.0. The van der Waals surface area contributed by atoms with E-state index in [1.54, 1.807) is 25.5 Å². The Kier molecular flexibility index (Phi) is 3.69. The molecule has 0 radical (unpaired) electrons. The van der Waals surface area contributed by atoms with Gasteiger partial charge in [-0.1, -0.05) is 30.3 Å². The SMILES string of the molecule is CN(C(=O)[C@@H](N)c1ccccc1)c1cccnc1. The van der Waals surface area contributed by atoms with Gasteiger partial charge in [-0.25, -0.2) is 0 Å². The molecular weight excluding hydrogens is 226 g/mol. The summed E-state index contributed by atoms with van der Waals surface area (Å²) in [7, 11) is 1.70. The summed E-state index contributed by atoms with van der Waals surface area (Å²) in [6.45, 7) is 0. The van der Waals surface area contributed by atoms with Gasteiger partial charge in [-0.15, -0.1) is 0 Å². The van der Waals surface area contributed by atoms with Crippen molar-refractivity contribution in [2.45, 2.75) is 6.04 Å². The van der Waals surface area contributed by atoms with Gasteiger partial charge in [0.2, 0.25) is 5.91 Å². The lowest BCUT2D eigenvalue weighted by molar-refractivity contribution is -0.119. The monoisotopic (exact) mass is 241 g/mol. The van der Waals surface area contributed by atoms with Crippen molar-refractivity contribution in [3.05, 3.63) is 60.4 Å². The number of benzene rings is 1. The second-order valence-electron chi connectivity index (χ2n) is 4.00. The van der Waals surface area contributed by atoms with Gasteiger partial charge in [0.05, 0.1) is 11.9 Å². The second kappa shape index (κ2) is 5.42. The normalized spacial score (nSPS) is 11.9. The fourth-order valence-corrected chi connectivity index (χ4v) is 1.69. The van der Waals surface area contributed by atoms with Gasteiger partial charge in [-0.05, 0) is 17.7 Å². The third-order valence-electron chi connectivity index (χ3n) is 2.79. The van der Waals surface area contributed by atoms with E-state index in [1.807, 2.05) is 36.4 Å². The van der Waals surface area contributed by atoms with Crippen LogP contribution in [0.25, 0.3) is 0 Å². The van der Waals surface area contributed by atoms with E-state index in [-0.39, 0.29) is 5.91 Å². The molecule has 2 N–H and O–H groups in total. The van der Waals surface area contributed by atoms with E-state index in [4.69, 9.17) is 5.73 Å². The first-order chi connectivity index (χ1) is 8.70. The third-order valence-corrected chi connectivity index (χ3v) is 2.79. The molecule has 92 valence electrons. The van der Waals surface area contributed by atoms with Gasteiger partial charge in [-0.3, -0.25) is 9.78 Å². The summed E-state index contributed by atoms with van der Waals surface area (Å²) >= 11 is 0. The molecular formula is C14H15N3O. The highest BCUT2D eigenvalue weighted by atomic mass is 16.2. The van der Waals surface area contributed by atoms with Crippen molar-refractivity contribution in [2.75, 3.05) is 11.9 Å². The van der Waals surface area contributed by atoms with Crippen LogP contribution in [0, 0.1) is 0 Å². The number of nitrogens with two attached hydrogens (primary N) is 1. The number of anilines is 1. The highest BCUT2D eigenvalue weighted by molar-refractivity contribution is 5.97. The van der Waals surface area contributed by atoms with Gasteiger partial charge in [0.25, 0.3) is 0 Å². The van der Waals surface area contributed by atoms with Crippen molar-refractivity contribution >= 4 is 11.6 Å². The quantitative estimate of drug-likeness (QED) is 0.890. The summed E-state index contributed by atoms with van der Waals surface area (Å²) in [6.07, 6.45) is 3.30. The number of rotatable bonds is 3. The number of amides is 1. The lowest BCUT2D eigenvalue weighted by Crippen LogP contribution is -2.35. The summed E-state index contributed by atoms with van der Waals surface area (Å²) in [5, 5.41) is 0. The largest absolute Gasteiger partial charge is 0.316 e. The summed E-state index contributed by atoms with van der Waals surface area (Å²) in [4.78, 5) is 17.7. The van der Waals surface area contributed by atoms with E-state index in [2.05, 4.69) is 4.98 Å². The average Bonchev–Trinajstić information content (AvgIpc) is 2.47. The van der Waals surface area contributed by atoms with E-state index in [1.165, 1.54) is 4.90 Å². The van der Waals surface area contributed by atoms with Crippen molar-refractivity contribution < 1.29 is 4.79 Å². The molecule has 0 aliphatic rings. The van der Waals surface area contributed by atoms with Crippen molar-refractivity contribution in [3.63, 3.8) is 0 Å². The van der Waals surface area contributed by atoms with Crippen LogP contribution in [0.5, 0.6) is 0 Å². The predicted molar refractivity (Wildman–Crippen MR) is 71.0 cm³/mol. The van der Waals surface area contributed by atoms with Crippen molar-refractivity contribution in [2.24, 2.45) is 5.73 Å². The molecule has 2 rings (SSSR count). The van der Waals surface area contributed by atoms with Gasteiger partial charge in [-0.2, -0.15) is 0 Å². The molecule has 0 fully saturated rings. The number of carbonyl (C=O) groups is 1. The zero-order valence-corrected chi connectivity index (χ0v) is 10.2. The molecule has 2 aromatic rings. The fourth-order valence-electron chi connectivity index (χ4n) is 1.69. The lowest BCUT2D eigenvalue weighted by atomic mass is 10.1. The fraction of sp³-hybridized carbons (Fsp3) is 0.143. The Morgan fingerprint density at radius 2 is 1.94 bits per heavy atom. The first kappa shape index (κ1) is 12.3. The molecule has 1 aromatic heterocycles. The molecule has 0 saturated heterocycles. The van der Waals surface area contributed by atoms with Crippen LogP contribution in [0.2, 0.25) is 0 Å². The molecule has 1 aromatic carbocycles. The van der Waals surface area contributed by atoms with Crippen molar-refractivity contribution in [1.29, 1.82) is 0 Å². The standard InChI is InChI=1S/C14H15N3O/c1-17(12-8-5-9-16-10-12)14(18)13(15)11-6-3-2-4-7-11/h2-10,13H,15H2,1H3/t13-/m0/s1.